The maximum absolute atomic E-state index is 3.42. The fourth-order valence-corrected chi connectivity index (χ4v) is 3.12. The molecule has 4 rings (SSSR count). The van der Waals surface area contributed by atoms with Crippen LogP contribution in [0.25, 0.3) is 16.6 Å². The minimum absolute atomic E-state index is 0. The lowest BCUT2D eigenvalue weighted by atomic mass is 10.2. The molecule has 23 heavy (non-hydrogen) atoms. The highest BCUT2D eigenvalue weighted by Crippen LogP contribution is 2.31. The van der Waals surface area contributed by atoms with Gasteiger partial charge in [0.1, 0.15) is 0 Å². The molecule has 0 aliphatic carbocycles. The van der Waals surface area contributed by atoms with E-state index >= 15 is 0 Å². The lowest BCUT2D eigenvalue weighted by Gasteiger charge is -2.28. The monoisotopic (exact) mass is 349 g/mol. The zero-order valence-electron chi connectivity index (χ0n) is 12.8. The first kappa shape index (κ1) is 17.7. The van der Waals surface area contributed by atoms with Gasteiger partial charge in [0, 0.05) is 43.4 Å². The molecule has 0 atom stereocenters. The molecule has 1 aliphatic heterocycles. The number of aromatic nitrogens is 1. The van der Waals surface area contributed by atoms with E-state index in [0.29, 0.717) is 0 Å². The number of fused-ring (bicyclic) bond motifs is 1. The Bertz CT molecular complexity index is 749. The normalized spacial score (nSPS) is 14.2. The molecule has 0 radical (unpaired) electrons. The van der Waals surface area contributed by atoms with Crippen molar-refractivity contribution in [1.29, 1.82) is 0 Å². The van der Waals surface area contributed by atoms with Gasteiger partial charge >= 0.3 is 0 Å². The van der Waals surface area contributed by atoms with Gasteiger partial charge in [-0.15, -0.1) is 24.8 Å². The second-order valence-corrected chi connectivity index (χ2v) is 5.47. The van der Waals surface area contributed by atoms with Crippen LogP contribution in [0, 0.1) is 0 Å². The molecule has 0 unspecified atom stereocenters. The lowest BCUT2D eigenvalue weighted by Crippen LogP contribution is -2.43. The summed E-state index contributed by atoms with van der Waals surface area (Å²) in [5.41, 5.74) is 3.84. The molecular formula is C18H21Cl2N3. The summed E-state index contributed by atoms with van der Waals surface area (Å²) in [4.78, 5) is 2.48. The van der Waals surface area contributed by atoms with Crippen LogP contribution in [0.4, 0.5) is 5.69 Å². The zero-order valence-corrected chi connectivity index (χ0v) is 14.4. The number of hydrogen-bond acceptors (Lipinski definition) is 2. The summed E-state index contributed by atoms with van der Waals surface area (Å²) in [7, 11) is 0. The second kappa shape index (κ2) is 7.73. The largest absolute Gasteiger partial charge is 0.367 e. The number of benzene rings is 2. The number of anilines is 1. The molecule has 3 nitrogen and oxygen atoms in total. The molecule has 1 aromatic heterocycles. The van der Waals surface area contributed by atoms with E-state index in [-0.39, 0.29) is 24.8 Å². The third-order valence-corrected chi connectivity index (χ3v) is 4.18. The Morgan fingerprint density at radius 3 is 2.17 bits per heavy atom. The predicted octanol–water partition coefficient (Wildman–Crippen LogP) is 3.88. The number of nitrogens with zero attached hydrogens (tertiary/aromatic N) is 2. The topological polar surface area (TPSA) is 20.2 Å². The van der Waals surface area contributed by atoms with E-state index in [4.69, 9.17) is 0 Å². The second-order valence-electron chi connectivity index (χ2n) is 5.47. The van der Waals surface area contributed by atoms with Crippen molar-refractivity contribution in [2.24, 2.45) is 0 Å². The van der Waals surface area contributed by atoms with Crippen LogP contribution in [0.5, 0.6) is 0 Å². The van der Waals surface area contributed by atoms with E-state index < -0.39 is 0 Å². The number of para-hydroxylation sites is 2. The summed E-state index contributed by atoms with van der Waals surface area (Å²) in [6.07, 6.45) is 2.28. The molecule has 0 amide bonds. The summed E-state index contributed by atoms with van der Waals surface area (Å²) >= 11 is 0. The van der Waals surface area contributed by atoms with E-state index in [9.17, 15) is 0 Å². The molecule has 1 aliphatic rings. The number of piperazine rings is 1. The Balaban J connectivity index is 0.000000960. The number of rotatable bonds is 2. The first-order valence-corrected chi connectivity index (χ1v) is 7.55. The van der Waals surface area contributed by atoms with Crippen molar-refractivity contribution < 1.29 is 0 Å². The molecule has 2 heterocycles. The molecule has 1 fully saturated rings. The SMILES string of the molecule is Cl.Cl.c1ccc(-n2cc(N3CCNCC3)c3ccccc32)cc1. The number of hydrogen-bond donors (Lipinski definition) is 1. The number of halogens is 2. The Morgan fingerprint density at radius 1 is 0.783 bits per heavy atom. The molecule has 2 aromatic carbocycles. The highest BCUT2D eigenvalue weighted by Gasteiger charge is 2.16. The third kappa shape index (κ3) is 3.32. The molecule has 1 N–H and O–H groups in total. The predicted molar refractivity (Wildman–Crippen MR) is 103 cm³/mol. The molecule has 0 saturated carbocycles. The van der Waals surface area contributed by atoms with Crippen LogP contribution in [0.1, 0.15) is 0 Å². The van der Waals surface area contributed by atoms with E-state index in [1.807, 2.05) is 0 Å². The molecule has 122 valence electrons. The maximum Gasteiger partial charge on any atom is 0.0631 e. The summed E-state index contributed by atoms with van der Waals surface area (Å²) in [6.45, 7) is 4.27. The minimum Gasteiger partial charge on any atom is -0.367 e. The van der Waals surface area contributed by atoms with Gasteiger partial charge in [0.25, 0.3) is 0 Å². The van der Waals surface area contributed by atoms with Crippen LogP contribution in [-0.4, -0.2) is 30.7 Å². The fourth-order valence-electron chi connectivity index (χ4n) is 3.12. The maximum atomic E-state index is 3.42. The van der Waals surface area contributed by atoms with Crippen LogP contribution in [0.15, 0.2) is 60.8 Å². The van der Waals surface area contributed by atoms with Crippen molar-refractivity contribution in [3.05, 3.63) is 60.8 Å². The Kier molecular flexibility index (Phi) is 5.94. The van der Waals surface area contributed by atoms with Crippen LogP contribution in [0.2, 0.25) is 0 Å². The van der Waals surface area contributed by atoms with Gasteiger partial charge in [-0.25, -0.2) is 0 Å². The fraction of sp³-hybridized carbons (Fsp3) is 0.222. The van der Waals surface area contributed by atoms with Gasteiger partial charge in [0.15, 0.2) is 0 Å². The van der Waals surface area contributed by atoms with Crippen LogP contribution < -0.4 is 10.2 Å². The lowest BCUT2D eigenvalue weighted by molar-refractivity contribution is 0.590. The number of nitrogens with one attached hydrogen (secondary N) is 1. The summed E-state index contributed by atoms with van der Waals surface area (Å²) in [5.74, 6) is 0. The van der Waals surface area contributed by atoms with Crippen LogP contribution in [-0.2, 0) is 0 Å². The quantitative estimate of drug-likeness (QED) is 0.757. The average Bonchev–Trinajstić information content (AvgIpc) is 2.96. The van der Waals surface area contributed by atoms with Crippen LogP contribution in [0.3, 0.4) is 0 Å². The third-order valence-electron chi connectivity index (χ3n) is 4.18. The highest BCUT2D eigenvalue weighted by molar-refractivity contribution is 5.94. The molecule has 0 bridgehead atoms. The van der Waals surface area contributed by atoms with E-state index in [1.54, 1.807) is 0 Å². The van der Waals surface area contributed by atoms with Gasteiger partial charge in [-0.1, -0.05) is 36.4 Å². The van der Waals surface area contributed by atoms with Gasteiger partial charge in [0.05, 0.1) is 11.2 Å². The Hall–Kier alpha value is -1.68. The molecular weight excluding hydrogens is 329 g/mol. The Labute approximate surface area is 149 Å². The smallest absolute Gasteiger partial charge is 0.0631 e. The first-order valence-electron chi connectivity index (χ1n) is 7.55. The zero-order chi connectivity index (χ0) is 14.1. The van der Waals surface area contributed by atoms with Gasteiger partial charge in [-0.05, 0) is 18.2 Å². The Morgan fingerprint density at radius 2 is 1.43 bits per heavy atom. The average molecular weight is 350 g/mol. The summed E-state index contributed by atoms with van der Waals surface area (Å²) in [6, 6.07) is 19.2. The van der Waals surface area contributed by atoms with Crippen molar-refractivity contribution in [2.75, 3.05) is 31.1 Å². The summed E-state index contributed by atoms with van der Waals surface area (Å²) in [5, 5.41) is 4.76. The van der Waals surface area contributed by atoms with Crippen molar-refractivity contribution in [2.45, 2.75) is 0 Å². The highest BCUT2D eigenvalue weighted by atomic mass is 35.5. The van der Waals surface area contributed by atoms with E-state index in [0.717, 1.165) is 26.2 Å². The summed E-state index contributed by atoms with van der Waals surface area (Å²) < 4.78 is 2.30. The van der Waals surface area contributed by atoms with Crippen molar-refractivity contribution >= 4 is 41.4 Å². The van der Waals surface area contributed by atoms with Crippen molar-refractivity contribution in [3.63, 3.8) is 0 Å². The standard InChI is InChI=1S/C18H19N3.2ClH/c1-2-6-15(7-3-1)21-14-18(20-12-10-19-11-13-20)16-8-4-5-9-17(16)21;;/h1-9,14,19H,10-13H2;2*1H. The van der Waals surface area contributed by atoms with E-state index in [2.05, 4.69) is 75.6 Å². The molecule has 5 heteroatoms. The van der Waals surface area contributed by atoms with Gasteiger partial charge in [-0.3, -0.25) is 0 Å². The first-order chi connectivity index (χ1) is 10.4. The van der Waals surface area contributed by atoms with Crippen LogP contribution >= 0.6 is 24.8 Å². The van der Waals surface area contributed by atoms with E-state index in [1.165, 1.54) is 22.3 Å². The van der Waals surface area contributed by atoms with Gasteiger partial charge in [-0.2, -0.15) is 0 Å². The molecule has 0 spiro atoms. The van der Waals surface area contributed by atoms with Crippen molar-refractivity contribution in [3.8, 4) is 5.69 Å². The molecule has 3 aromatic rings. The minimum atomic E-state index is 0. The van der Waals surface area contributed by atoms with Gasteiger partial charge < -0.3 is 14.8 Å². The van der Waals surface area contributed by atoms with Gasteiger partial charge in [0.2, 0.25) is 0 Å². The molecule has 1 saturated heterocycles. The van der Waals surface area contributed by atoms with Crippen molar-refractivity contribution in [1.82, 2.24) is 9.88 Å².